The zero-order valence-corrected chi connectivity index (χ0v) is 18.2. The number of nitrogens with zero attached hydrogens (tertiary/aromatic N) is 1. The van der Waals surface area contributed by atoms with Crippen molar-refractivity contribution < 1.29 is 14.3 Å². The Hall–Kier alpha value is -3.56. The molecule has 3 aromatic rings. The van der Waals surface area contributed by atoms with Crippen LogP contribution in [0.25, 0.3) is 0 Å². The summed E-state index contributed by atoms with van der Waals surface area (Å²) in [6.45, 7) is 0. The Morgan fingerprint density at radius 1 is 1.16 bits per heavy atom. The lowest BCUT2D eigenvalue weighted by atomic mass is 9.92. The van der Waals surface area contributed by atoms with E-state index in [1.807, 2.05) is 0 Å². The molecule has 0 radical (unpaired) electrons. The van der Waals surface area contributed by atoms with Gasteiger partial charge in [-0.1, -0.05) is 23.2 Å². The van der Waals surface area contributed by atoms with E-state index in [1.54, 1.807) is 37.4 Å². The fourth-order valence-corrected chi connectivity index (χ4v) is 3.73. The summed E-state index contributed by atoms with van der Waals surface area (Å²) in [6, 6.07) is 11.5. The summed E-state index contributed by atoms with van der Waals surface area (Å²) in [4.78, 5) is 44.9. The molecule has 1 atom stereocenters. The van der Waals surface area contributed by atoms with Crippen LogP contribution >= 0.6 is 23.2 Å². The second kappa shape index (κ2) is 8.89. The summed E-state index contributed by atoms with van der Waals surface area (Å²) in [5, 5.41) is 8.80. The quantitative estimate of drug-likeness (QED) is 0.445. The average molecular weight is 474 g/mol. The number of fused-ring (bicyclic) bond motifs is 1. The molecular weight excluding hydrogens is 457 g/mol. The predicted octanol–water partition coefficient (Wildman–Crippen LogP) is 3.89. The van der Waals surface area contributed by atoms with Crippen LogP contribution in [0.4, 0.5) is 23.1 Å². The number of carbonyl (C=O) groups excluding carboxylic acids is 2. The van der Waals surface area contributed by atoms with Gasteiger partial charge in [-0.3, -0.25) is 19.4 Å². The average Bonchev–Trinajstić information content (AvgIpc) is 2.75. The highest BCUT2D eigenvalue weighted by atomic mass is 35.5. The molecule has 4 N–H and O–H groups in total. The molecule has 1 aromatic heterocycles. The van der Waals surface area contributed by atoms with Crippen molar-refractivity contribution in [1.82, 2.24) is 9.97 Å². The van der Waals surface area contributed by atoms with Gasteiger partial charge in [-0.15, -0.1) is 0 Å². The van der Waals surface area contributed by atoms with Crippen molar-refractivity contribution in [2.45, 2.75) is 12.3 Å². The van der Waals surface area contributed by atoms with Gasteiger partial charge in [0.25, 0.3) is 5.56 Å². The Labute approximate surface area is 192 Å². The number of hydrogen-bond donors (Lipinski definition) is 4. The van der Waals surface area contributed by atoms with Crippen LogP contribution in [0.5, 0.6) is 5.75 Å². The molecule has 4 rings (SSSR count). The predicted molar refractivity (Wildman–Crippen MR) is 122 cm³/mol. The minimum absolute atomic E-state index is 0.0170. The van der Waals surface area contributed by atoms with Gasteiger partial charge in [0.15, 0.2) is 0 Å². The number of nitrogens with one attached hydrogen (secondary N) is 4. The van der Waals surface area contributed by atoms with E-state index >= 15 is 0 Å². The van der Waals surface area contributed by atoms with E-state index in [9.17, 15) is 14.4 Å². The summed E-state index contributed by atoms with van der Waals surface area (Å²) in [7, 11) is 1.56. The fourth-order valence-electron chi connectivity index (χ4n) is 3.28. The number of H-pyrrole nitrogens is 1. The van der Waals surface area contributed by atoms with Crippen molar-refractivity contribution >= 4 is 58.2 Å². The number of halogens is 2. The van der Waals surface area contributed by atoms with Crippen molar-refractivity contribution in [3.8, 4) is 5.75 Å². The summed E-state index contributed by atoms with van der Waals surface area (Å²) in [5.41, 5.74) is 0.472. The Balaban J connectivity index is 1.62. The van der Waals surface area contributed by atoms with Crippen LogP contribution < -0.4 is 26.2 Å². The normalized spacial score (nSPS) is 14.8. The number of methoxy groups -OCH3 is 1. The Kier molecular flexibility index (Phi) is 6.02. The van der Waals surface area contributed by atoms with E-state index in [0.717, 1.165) is 0 Å². The molecule has 0 fully saturated rings. The van der Waals surface area contributed by atoms with E-state index in [4.69, 9.17) is 27.9 Å². The van der Waals surface area contributed by atoms with Gasteiger partial charge in [0.05, 0.1) is 29.3 Å². The Bertz CT molecular complexity index is 1260. The Morgan fingerprint density at radius 3 is 2.59 bits per heavy atom. The molecule has 2 aromatic carbocycles. The van der Waals surface area contributed by atoms with E-state index in [1.165, 1.54) is 12.1 Å². The standard InChI is InChI=1S/C21H17Cl2N5O4/c1-32-12-5-3-11(4-6-12)24-21-27-18-17(20(31)28-21)13(9-16(29)26-18)19(30)25-15-7-2-10(22)8-14(15)23/h2-8,13H,9H2,1H3,(H,25,30)(H3,24,26,27,28,29,31)/t13-/m1/s1. The van der Waals surface area contributed by atoms with Crippen LogP contribution in [0, 0.1) is 0 Å². The first-order valence-electron chi connectivity index (χ1n) is 9.45. The lowest BCUT2D eigenvalue weighted by molar-refractivity contribution is -0.123. The van der Waals surface area contributed by atoms with Crippen LogP contribution in [0.3, 0.4) is 0 Å². The van der Waals surface area contributed by atoms with E-state index < -0.39 is 23.3 Å². The zero-order valence-electron chi connectivity index (χ0n) is 16.7. The molecule has 0 saturated carbocycles. The first-order valence-corrected chi connectivity index (χ1v) is 10.2. The van der Waals surface area contributed by atoms with Gasteiger partial charge in [0.1, 0.15) is 11.6 Å². The maximum Gasteiger partial charge on any atom is 0.258 e. The van der Waals surface area contributed by atoms with Crippen molar-refractivity contribution in [2.75, 3.05) is 23.1 Å². The molecule has 0 aliphatic carbocycles. The molecule has 11 heteroatoms. The van der Waals surface area contributed by atoms with Gasteiger partial charge in [-0.25, -0.2) is 0 Å². The third-order valence-corrected chi connectivity index (χ3v) is 5.36. The fraction of sp³-hybridized carbons (Fsp3) is 0.143. The van der Waals surface area contributed by atoms with Gasteiger partial charge in [0.2, 0.25) is 17.8 Å². The number of aromatic nitrogens is 2. The molecule has 0 saturated heterocycles. The number of amides is 2. The number of hydrogen-bond acceptors (Lipinski definition) is 6. The summed E-state index contributed by atoms with van der Waals surface area (Å²) in [5.74, 6) is -1.24. The molecule has 2 heterocycles. The maximum atomic E-state index is 12.9. The molecule has 0 bridgehead atoms. The maximum absolute atomic E-state index is 12.9. The molecule has 164 valence electrons. The number of anilines is 4. The lowest BCUT2D eigenvalue weighted by Gasteiger charge is -2.24. The highest BCUT2D eigenvalue weighted by molar-refractivity contribution is 6.36. The first kappa shape index (κ1) is 21.7. The largest absolute Gasteiger partial charge is 0.497 e. The van der Waals surface area contributed by atoms with Crippen molar-refractivity contribution in [3.05, 3.63) is 68.4 Å². The van der Waals surface area contributed by atoms with Gasteiger partial charge in [-0.2, -0.15) is 4.98 Å². The van der Waals surface area contributed by atoms with Crippen LogP contribution in [-0.2, 0) is 9.59 Å². The van der Waals surface area contributed by atoms with Gasteiger partial charge < -0.3 is 20.7 Å². The summed E-state index contributed by atoms with van der Waals surface area (Å²) in [6.07, 6.45) is -0.208. The number of carbonyl (C=O) groups is 2. The van der Waals surface area contributed by atoms with Gasteiger partial charge in [0, 0.05) is 17.1 Å². The van der Waals surface area contributed by atoms with Crippen molar-refractivity contribution in [2.24, 2.45) is 0 Å². The van der Waals surface area contributed by atoms with Gasteiger partial charge >= 0.3 is 0 Å². The van der Waals surface area contributed by atoms with Crippen molar-refractivity contribution in [1.29, 1.82) is 0 Å². The van der Waals surface area contributed by atoms with Crippen LogP contribution in [0.1, 0.15) is 17.9 Å². The SMILES string of the molecule is COc1ccc(Nc2nc3c(c(=O)[nH]2)[C@H](C(=O)Nc2ccc(Cl)cc2Cl)CC(=O)N3)cc1. The first-order chi connectivity index (χ1) is 15.3. The smallest absolute Gasteiger partial charge is 0.258 e. The van der Waals surface area contributed by atoms with E-state index in [-0.39, 0.29) is 28.8 Å². The molecule has 9 nitrogen and oxygen atoms in total. The van der Waals surface area contributed by atoms with Crippen LogP contribution in [0.15, 0.2) is 47.3 Å². The Morgan fingerprint density at radius 2 is 1.91 bits per heavy atom. The topological polar surface area (TPSA) is 125 Å². The molecule has 1 aliphatic rings. The summed E-state index contributed by atoms with van der Waals surface area (Å²) >= 11 is 12.0. The summed E-state index contributed by atoms with van der Waals surface area (Å²) < 4.78 is 5.11. The monoisotopic (exact) mass is 473 g/mol. The zero-order chi connectivity index (χ0) is 22.8. The van der Waals surface area contributed by atoms with Gasteiger partial charge in [-0.05, 0) is 42.5 Å². The van der Waals surface area contributed by atoms with E-state index in [0.29, 0.717) is 22.1 Å². The van der Waals surface area contributed by atoms with Crippen LogP contribution in [-0.4, -0.2) is 28.9 Å². The second-order valence-corrected chi connectivity index (χ2v) is 7.79. The number of aromatic amines is 1. The highest BCUT2D eigenvalue weighted by Crippen LogP contribution is 2.32. The third-order valence-electron chi connectivity index (χ3n) is 4.81. The molecule has 0 unspecified atom stereocenters. The van der Waals surface area contributed by atoms with E-state index in [2.05, 4.69) is 25.9 Å². The lowest BCUT2D eigenvalue weighted by Crippen LogP contribution is -2.36. The molecule has 1 aliphatic heterocycles. The minimum atomic E-state index is -1.04. The second-order valence-electron chi connectivity index (χ2n) is 6.95. The molecule has 0 spiro atoms. The molecule has 32 heavy (non-hydrogen) atoms. The molecular formula is C21H17Cl2N5O4. The third kappa shape index (κ3) is 4.53. The highest BCUT2D eigenvalue weighted by Gasteiger charge is 2.35. The molecule has 2 amide bonds. The number of ether oxygens (including phenoxy) is 1. The van der Waals surface area contributed by atoms with Crippen molar-refractivity contribution in [3.63, 3.8) is 0 Å². The van der Waals surface area contributed by atoms with Crippen LogP contribution in [0.2, 0.25) is 10.0 Å². The minimum Gasteiger partial charge on any atom is -0.497 e. The number of rotatable bonds is 5. The number of benzene rings is 2.